The van der Waals surface area contributed by atoms with E-state index in [1.54, 1.807) is 44.9 Å². The molecule has 1 heteroatoms. The van der Waals surface area contributed by atoms with Crippen LogP contribution in [0.3, 0.4) is 0 Å². The van der Waals surface area contributed by atoms with Crippen LogP contribution in [0.5, 0.6) is 0 Å². The van der Waals surface area contributed by atoms with Gasteiger partial charge < -0.3 is 4.79 Å². The van der Waals surface area contributed by atoms with Crippen molar-refractivity contribution < 1.29 is 4.79 Å². The molecule has 2 aliphatic rings. The molecule has 2 fully saturated rings. The maximum absolute atomic E-state index is 8.81. The minimum Gasteiger partial charge on any atom is -0.304 e. The van der Waals surface area contributed by atoms with Gasteiger partial charge in [-0.05, 0) is 31.1 Å². The Morgan fingerprint density at radius 1 is 0.810 bits per heavy atom. The van der Waals surface area contributed by atoms with Crippen LogP contribution in [0.25, 0.3) is 0 Å². The van der Waals surface area contributed by atoms with Crippen molar-refractivity contribution in [3.05, 3.63) is 0 Å². The summed E-state index contributed by atoms with van der Waals surface area (Å²) in [5.74, 6) is 3.31. The molecule has 0 radical (unpaired) electrons. The van der Waals surface area contributed by atoms with E-state index in [9.17, 15) is 0 Å². The number of hydrogen-bond donors (Lipinski definition) is 0. The largest absolute Gasteiger partial charge is 0.304 e. The zero-order valence-electron chi connectivity index (χ0n) is 14.6. The molecule has 0 aromatic carbocycles. The summed E-state index contributed by atoms with van der Waals surface area (Å²) in [5.41, 5.74) is 0. The number of unbranched alkanes of at least 4 members (excludes halogenated alkanes) is 2. The lowest BCUT2D eigenvalue weighted by Gasteiger charge is -2.32. The second kappa shape index (κ2) is 12.2. The highest BCUT2D eigenvalue weighted by atomic mass is 16.1. The first-order valence-electron chi connectivity index (χ1n) is 9.69. The first kappa shape index (κ1) is 18.7. The molecule has 0 aromatic heterocycles. The van der Waals surface area contributed by atoms with Crippen LogP contribution in [0, 0.1) is 17.8 Å². The predicted molar refractivity (Wildman–Crippen MR) is 92.5 cm³/mol. The van der Waals surface area contributed by atoms with Crippen LogP contribution < -0.4 is 0 Å². The molecule has 124 valence electrons. The molecule has 1 nitrogen and oxygen atoms in total. The van der Waals surface area contributed by atoms with Gasteiger partial charge in [-0.2, -0.15) is 0 Å². The van der Waals surface area contributed by atoms with E-state index >= 15 is 0 Å². The molecule has 21 heavy (non-hydrogen) atoms. The van der Waals surface area contributed by atoms with E-state index in [-0.39, 0.29) is 0 Å². The van der Waals surface area contributed by atoms with Crippen molar-refractivity contribution in [2.24, 2.45) is 17.8 Å². The quantitative estimate of drug-likeness (QED) is 0.401. The van der Waals surface area contributed by atoms with Crippen LogP contribution in [0.15, 0.2) is 0 Å². The van der Waals surface area contributed by atoms with Gasteiger partial charge in [-0.15, -0.1) is 0 Å². The van der Waals surface area contributed by atoms with E-state index in [4.69, 9.17) is 4.79 Å². The van der Waals surface area contributed by atoms with Crippen molar-refractivity contribution in [2.45, 2.75) is 104 Å². The number of carbonyl (C=O) groups is 1. The second-order valence-corrected chi connectivity index (χ2v) is 7.36. The Morgan fingerprint density at radius 3 is 1.90 bits per heavy atom. The average molecular weight is 295 g/mol. The van der Waals surface area contributed by atoms with Crippen molar-refractivity contribution in [1.82, 2.24) is 0 Å². The Bertz CT molecular complexity index is 234. The fourth-order valence-electron chi connectivity index (χ4n) is 4.33. The van der Waals surface area contributed by atoms with E-state index in [2.05, 4.69) is 6.92 Å². The van der Waals surface area contributed by atoms with E-state index in [1.165, 1.54) is 51.9 Å². The standard InChI is InChI=1S/C18H34.C2H4O/c1-2-3-5-8-16-11-13-18(14-12-16)15-17-9-6-4-7-10-17;1-2-3/h16-18H,2-15H2,1H3;2H,1H3. The minimum atomic E-state index is 0.750. The third-order valence-corrected chi connectivity index (χ3v) is 5.57. The van der Waals surface area contributed by atoms with Crippen LogP contribution in [0.1, 0.15) is 104 Å². The molecule has 2 rings (SSSR count). The maximum Gasteiger partial charge on any atom is 0.116 e. The van der Waals surface area contributed by atoms with Crippen molar-refractivity contribution >= 4 is 6.29 Å². The van der Waals surface area contributed by atoms with Crippen LogP contribution in [0.2, 0.25) is 0 Å². The van der Waals surface area contributed by atoms with Crippen LogP contribution in [0.4, 0.5) is 0 Å². The number of rotatable bonds is 6. The normalized spacial score (nSPS) is 26.8. The molecule has 0 aromatic rings. The molecule has 0 unspecified atom stereocenters. The summed E-state index contributed by atoms with van der Waals surface area (Å²) in [4.78, 5) is 8.81. The molecular formula is C20H38O. The van der Waals surface area contributed by atoms with Crippen LogP contribution in [-0.2, 0) is 4.79 Å². The Kier molecular flexibility index (Phi) is 10.9. The highest BCUT2D eigenvalue weighted by Crippen LogP contribution is 2.38. The van der Waals surface area contributed by atoms with Gasteiger partial charge in [0.2, 0.25) is 0 Å². The highest BCUT2D eigenvalue weighted by Gasteiger charge is 2.24. The smallest absolute Gasteiger partial charge is 0.116 e. The average Bonchev–Trinajstić information content (AvgIpc) is 2.51. The van der Waals surface area contributed by atoms with Crippen molar-refractivity contribution in [3.8, 4) is 0 Å². The van der Waals surface area contributed by atoms with E-state index in [0.717, 1.165) is 24.0 Å². The van der Waals surface area contributed by atoms with Gasteiger partial charge >= 0.3 is 0 Å². The number of aldehydes is 1. The Morgan fingerprint density at radius 2 is 1.33 bits per heavy atom. The number of carbonyl (C=O) groups excluding carboxylic acids is 1. The third-order valence-electron chi connectivity index (χ3n) is 5.57. The summed E-state index contributed by atoms with van der Waals surface area (Å²) < 4.78 is 0. The molecule has 0 atom stereocenters. The van der Waals surface area contributed by atoms with Gasteiger partial charge in [-0.3, -0.25) is 0 Å². The molecule has 2 saturated carbocycles. The van der Waals surface area contributed by atoms with E-state index in [1.807, 2.05) is 0 Å². The molecule has 0 amide bonds. The minimum absolute atomic E-state index is 0.750. The Balaban J connectivity index is 0.000000677. The first-order chi connectivity index (χ1) is 10.3. The van der Waals surface area contributed by atoms with Crippen LogP contribution >= 0.6 is 0 Å². The third kappa shape index (κ3) is 8.63. The van der Waals surface area contributed by atoms with Crippen LogP contribution in [-0.4, -0.2) is 6.29 Å². The lowest BCUT2D eigenvalue weighted by atomic mass is 9.74. The van der Waals surface area contributed by atoms with Crippen molar-refractivity contribution in [1.29, 1.82) is 0 Å². The van der Waals surface area contributed by atoms with Gasteiger partial charge in [-0.1, -0.05) is 90.4 Å². The molecule has 0 spiro atoms. The maximum atomic E-state index is 8.81. The molecule has 0 heterocycles. The zero-order valence-corrected chi connectivity index (χ0v) is 14.6. The Labute approximate surface area is 133 Å². The monoisotopic (exact) mass is 294 g/mol. The summed E-state index contributed by atoms with van der Waals surface area (Å²) in [5, 5.41) is 0. The molecular weight excluding hydrogens is 256 g/mol. The SMILES string of the molecule is CC=O.CCCCCC1CCC(CC2CCCCC2)CC1. The lowest BCUT2D eigenvalue weighted by Crippen LogP contribution is -2.18. The van der Waals surface area contributed by atoms with Crippen molar-refractivity contribution in [2.75, 3.05) is 0 Å². The summed E-state index contributed by atoms with van der Waals surface area (Å²) in [6.45, 7) is 3.76. The first-order valence-corrected chi connectivity index (χ1v) is 9.69. The van der Waals surface area contributed by atoms with E-state index < -0.39 is 0 Å². The van der Waals surface area contributed by atoms with Gasteiger partial charge in [0.15, 0.2) is 0 Å². The molecule has 0 N–H and O–H groups in total. The van der Waals surface area contributed by atoms with Gasteiger partial charge in [0.25, 0.3) is 0 Å². The summed E-state index contributed by atoms with van der Waals surface area (Å²) in [6, 6.07) is 0. The second-order valence-electron chi connectivity index (χ2n) is 7.36. The lowest BCUT2D eigenvalue weighted by molar-refractivity contribution is -0.106. The topological polar surface area (TPSA) is 17.1 Å². The zero-order chi connectivity index (χ0) is 15.3. The predicted octanol–water partition coefficient (Wildman–Crippen LogP) is 6.55. The number of hydrogen-bond acceptors (Lipinski definition) is 1. The summed E-state index contributed by atoms with van der Waals surface area (Å²) in [6.07, 6.45) is 22.1. The highest BCUT2D eigenvalue weighted by molar-refractivity contribution is 5.44. The fraction of sp³-hybridized carbons (Fsp3) is 0.950. The van der Waals surface area contributed by atoms with E-state index in [0.29, 0.717) is 0 Å². The molecule has 0 bridgehead atoms. The van der Waals surface area contributed by atoms with Crippen molar-refractivity contribution in [3.63, 3.8) is 0 Å². The molecule has 0 saturated heterocycles. The van der Waals surface area contributed by atoms with Gasteiger partial charge in [0, 0.05) is 0 Å². The Hall–Kier alpha value is -0.330. The van der Waals surface area contributed by atoms with Gasteiger partial charge in [0.1, 0.15) is 6.29 Å². The fourth-order valence-corrected chi connectivity index (χ4v) is 4.33. The van der Waals surface area contributed by atoms with Gasteiger partial charge in [-0.25, -0.2) is 0 Å². The molecule has 0 aliphatic heterocycles. The molecule has 2 aliphatic carbocycles. The summed E-state index contributed by atoms with van der Waals surface area (Å²) in [7, 11) is 0. The van der Waals surface area contributed by atoms with Gasteiger partial charge in [0.05, 0.1) is 0 Å². The summed E-state index contributed by atoms with van der Waals surface area (Å²) >= 11 is 0.